The molecule has 0 aliphatic carbocycles. The van der Waals surface area contributed by atoms with E-state index in [-0.39, 0.29) is 6.04 Å². The zero-order valence-electron chi connectivity index (χ0n) is 16.3. The minimum atomic E-state index is -0.587. The monoisotopic (exact) mass is 392 g/mol. The van der Waals surface area contributed by atoms with Gasteiger partial charge in [-0.3, -0.25) is 0 Å². The number of rotatable bonds is 4. The molecule has 5 aromatic rings. The molecule has 1 aliphatic rings. The van der Waals surface area contributed by atoms with Gasteiger partial charge in [-0.2, -0.15) is 0 Å². The Labute approximate surface area is 174 Å². The molecular weight excluding hydrogens is 372 g/mol. The molecule has 0 fully saturated rings. The average molecular weight is 392 g/mol. The second-order valence-electron chi connectivity index (χ2n) is 7.81. The Balaban J connectivity index is 1.32. The van der Waals surface area contributed by atoms with Gasteiger partial charge in [-0.15, -0.1) is 0 Å². The number of aliphatic hydroxyl groups excluding tert-OH is 1. The molecule has 146 valence electrons. The van der Waals surface area contributed by atoms with Crippen molar-refractivity contribution in [3.8, 4) is 22.6 Å². The molecule has 4 nitrogen and oxygen atoms in total. The van der Waals surface area contributed by atoms with Gasteiger partial charge in [0.2, 0.25) is 0 Å². The smallest absolute Gasteiger partial charge is 0.135 e. The lowest BCUT2D eigenvalue weighted by atomic mass is 9.95. The van der Waals surface area contributed by atoms with Crippen LogP contribution in [-0.4, -0.2) is 14.7 Å². The van der Waals surface area contributed by atoms with Crippen molar-refractivity contribution < 1.29 is 9.52 Å². The highest BCUT2D eigenvalue weighted by molar-refractivity contribution is 5.83. The number of hydrogen-bond donors (Lipinski definition) is 1. The molecule has 1 aliphatic heterocycles. The van der Waals surface area contributed by atoms with E-state index in [2.05, 4.69) is 27.8 Å². The van der Waals surface area contributed by atoms with Gasteiger partial charge in [-0.1, -0.05) is 60.7 Å². The molecule has 3 aromatic carbocycles. The van der Waals surface area contributed by atoms with Gasteiger partial charge < -0.3 is 14.1 Å². The molecule has 0 radical (unpaired) electrons. The third kappa shape index (κ3) is 2.69. The van der Waals surface area contributed by atoms with Crippen molar-refractivity contribution in [3.05, 3.63) is 103 Å². The largest absolute Gasteiger partial charge is 0.456 e. The fraction of sp³-hybridized carbons (Fsp3) is 0.115. The van der Waals surface area contributed by atoms with Gasteiger partial charge in [0.1, 0.15) is 11.3 Å². The van der Waals surface area contributed by atoms with Gasteiger partial charge in [0.15, 0.2) is 0 Å². The molecule has 2 unspecified atom stereocenters. The predicted molar refractivity (Wildman–Crippen MR) is 117 cm³/mol. The molecule has 0 spiro atoms. The highest BCUT2D eigenvalue weighted by Gasteiger charge is 2.30. The lowest BCUT2D eigenvalue weighted by Gasteiger charge is -2.19. The number of aromatic nitrogens is 2. The number of hydrogen-bond acceptors (Lipinski definition) is 3. The number of fused-ring (bicyclic) bond motifs is 4. The van der Waals surface area contributed by atoms with Crippen LogP contribution in [0.5, 0.6) is 0 Å². The van der Waals surface area contributed by atoms with Crippen molar-refractivity contribution in [2.45, 2.75) is 18.6 Å². The maximum atomic E-state index is 11.1. The van der Waals surface area contributed by atoms with Crippen molar-refractivity contribution in [1.29, 1.82) is 0 Å². The molecule has 4 heteroatoms. The number of imidazole rings is 1. The first-order valence-corrected chi connectivity index (χ1v) is 10.2. The number of benzene rings is 3. The van der Waals surface area contributed by atoms with Crippen molar-refractivity contribution in [2.75, 3.05) is 0 Å². The summed E-state index contributed by atoms with van der Waals surface area (Å²) in [5, 5.41) is 12.1. The topological polar surface area (TPSA) is 51.2 Å². The first-order valence-electron chi connectivity index (χ1n) is 10.2. The lowest BCUT2D eigenvalue weighted by molar-refractivity contribution is 0.154. The molecule has 0 amide bonds. The first kappa shape index (κ1) is 17.2. The third-order valence-electron chi connectivity index (χ3n) is 6.03. The fourth-order valence-electron chi connectivity index (χ4n) is 4.53. The first-order chi connectivity index (χ1) is 14.8. The number of nitrogens with zero attached hydrogens (tertiary/aromatic N) is 2. The molecule has 0 saturated carbocycles. The van der Waals surface area contributed by atoms with Gasteiger partial charge in [-0.05, 0) is 29.3 Å². The van der Waals surface area contributed by atoms with E-state index in [1.54, 1.807) is 0 Å². The van der Waals surface area contributed by atoms with Crippen LogP contribution in [0.3, 0.4) is 0 Å². The summed E-state index contributed by atoms with van der Waals surface area (Å²) in [6, 6.07) is 26.5. The van der Waals surface area contributed by atoms with Crippen LogP contribution in [0.25, 0.3) is 33.6 Å². The molecule has 2 atom stereocenters. The maximum Gasteiger partial charge on any atom is 0.135 e. The van der Waals surface area contributed by atoms with Gasteiger partial charge in [-0.25, -0.2) is 4.98 Å². The Bertz CT molecular complexity index is 1350. The molecule has 1 N–H and O–H groups in total. The van der Waals surface area contributed by atoms with E-state index in [0.717, 1.165) is 33.6 Å². The normalized spacial score (nSPS) is 15.8. The van der Waals surface area contributed by atoms with Crippen LogP contribution in [0.2, 0.25) is 0 Å². The summed E-state index contributed by atoms with van der Waals surface area (Å²) in [7, 11) is 0. The van der Waals surface area contributed by atoms with Crippen molar-refractivity contribution in [1.82, 2.24) is 9.55 Å². The van der Waals surface area contributed by atoms with E-state index in [1.165, 1.54) is 11.1 Å². The summed E-state index contributed by atoms with van der Waals surface area (Å²) in [4.78, 5) is 4.31. The second-order valence-corrected chi connectivity index (χ2v) is 7.81. The van der Waals surface area contributed by atoms with Crippen LogP contribution in [0.15, 0.2) is 95.8 Å². The van der Waals surface area contributed by atoms with E-state index in [9.17, 15) is 5.11 Å². The van der Waals surface area contributed by atoms with Crippen molar-refractivity contribution in [2.24, 2.45) is 0 Å². The summed E-state index contributed by atoms with van der Waals surface area (Å²) in [6.45, 7) is 0. The Morgan fingerprint density at radius 2 is 1.80 bits per heavy atom. The molecule has 6 rings (SSSR count). The summed E-state index contributed by atoms with van der Waals surface area (Å²) in [5.41, 5.74) is 6.32. The Morgan fingerprint density at radius 3 is 2.70 bits per heavy atom. The predicted octanol–water partition coefficient (Wildman–Crippen LogP) is 5.99. The van der Waals surface area contributed by atoms with E-state index in [1.807, 2.05) is 73.2 Å². The zero-order valence-corrected chi connectivity index (χ0v) is 16.3. The van der Waals surface area contributed by atoms with Gasteiger partial charge in [0, 0.05) is 22.9 Å². The van der Waals surface area contributed by atoms with E-state index < -0.39 is 6.10 Å². The Morgan fingerprint density at radius 1 is 0.967 bits per heavy atom. The summed E-state index contributed by atoms with van der Waals surface area (Å²) >= 11 is 0. The van der Waals surface area contributed by atoms with Gasteiger partial charge >= 0.3 is 0 Å². The second kappa shape index (κ2) is 6.71. The van der Waals surface area contributed by atoms with Gasteiger partial charge in [0.05, 0.1) is 30.4 Å². The fourth-order valence-corrected chi connectivity index (χ4v) is 4.53. The maximum absolute atomic E-state index is 11.1. The van der Waals surface area contributed by atoms with Crippen LogP contribution in [0, 0.1) is 0 Å². The van der Waals surface area contributed by atoms with Gasteiger partial charge in [0.25, 0.3) is 0 Å². The lowest BCUT2D eigenvalue weighted by Crippen LogP contribution is -2.10. The third-order valence-corrected chi connectivity index (χ3v) is 6.03. The van der Waals surface area contributed by atoms with E-state index in [4.69, 9.17) is 4.42 Å². The molecular formula is C26H20N2O2. The van der Waals surface area contributed by atoms with Crippen molar-refractivity contribution in [3.63, 3.8) is 0 Å². The number of aliphatic hydroxyl groups is 1. The minimum absolute atomic E-state index is 0.0774. The van der Waals surface area contributed by atoms with Crippen LogP contribution in [0.1, 0.15) is 29.7 Å². The summed E-state index contributed by atoms with van der Waals surface area (Å²) in [6.07, 6.45) is 3.76. The van der Waals surface area contributed by atoms with Crippen LogP contribution < -0.4 is 0 Å². The van der Waals surface area contributed by atoms with Crippen LogP contribution >= 0.6 is 0 Å². The molecule has 0 bridgehead atoms. The summed E-state index contributed by atoms with van der Waals surface area (Å²) in [5.74, 6) is 0.838. The van der Waals surface area contributed by atoms with Crippen molar-refractivity contribution >= 4 is 11.0 Å². The summed E-state index contributed by atoms with van der Waals surface area (Å²) < 4.78 is 8.18. The standard InChI is InChI=1S/C26H20N2O2/c29-24(14-22-20-8-4-5-9-21(20)23-15-27-16-28(22)23)18-10-11-25-19(12-18)13-26(30-25)17-6-2-1-3-7-17/h1-13,15-16,22,24,29H,14H2. The molecule has 0 saturated heterocycles. The highest BCUT2D eigenvalue weighted by Crippen LogP contribution is 2.43. The Hall–Kier alpha value is -3.63. The zero-order chi connectivity index (χ0) is 20.1. The molecule has 3 heterocycles. The van der Waals surface area contributed by atoms with E-state index in [0.29, 0.717) is 6.42 Å². The SMILES string of the molecule is OC(CC1c2ccccc2-c2cncn21)c1ccc2oc(-c3ccccc3)cc2c1. The average Bonchev–Trinajstić information content (AvgIpc) is 3.50. The van der Waals surface area contributed by atoms with E-state index >= 15 is 0 Å². The molecule has 2 aromatic heterocycles. The number of furan rings is 1. The highest BCUT2D eigenvalue weighted by atomic mass is 16.3. The van der Waals surface area contributed by atoms with Crippen LogP contribution in [-0.2, 0) is 0 Å². The quantitative estimate of drug-likeness (QED) is 0.409. The molecule has 30 heavy (non-hydrogen) atoms. The van der Waals surface area contributed by atoms with Crippen LogP contribution in [0.4, 0.5) is 0 Å². The minimum Gasteiger partial charge on any atom is -0.456 e. The Kier molecular flexibility index (Phi) is 3.86.